The number of ether oxygens (including phenoxy) is 3. The highest BCUT2D eigenvalue weighted by Crippen LogP contribution is 2.30. The van der Waals surface area contributed by atoms with Crippen LogP contribution < -0.4 is 14.2 Å². The number of carbonyl (C=O) groups is 1. The van der Waals surface area contributed by atoms with E-state index in [0.29, 0.717) is 34.4 Å². The van der Waals surface area contributed by atoms with Gasteiger partial charge >= 0.3 is 0 Å². The standard InChI is InChI=1S/C22H19ClO4/c1-25-22-11-17(15-26-20-10-8-19(23)12-18(20)13-24)7-9-21(22)27-14-16-5-3-2-4-6-16/h2-13H,14-15H2,1H3. The first-order valence-corrected chi connectivity index (χ1v) is 8.78. The van der Waals surface area contributed by atoms with Crippen LogP contribution in [0.15, 0.2) is 66.7 Å². The van der Waals surface area contributed by atoms with Gasteiger partial charge in [0.25, 0.3) is 0 Å². The molecule has 0 aliphatic carbocycles. The molecule has 0 aliphatic heterocycles. The Morgan fingerprint density at radius 2 is 1.52 bits per heavy atom. The summed E-state index contributed by atoms with van der Waals surface area (Å²) in [7, 11) is 1.60. The number of carbonyl (C=O) groups excluding carboxylic acids is 1. The van der Waals surface area contributed by atoms with Gasteiger partial charge in [0, 0.05) is 5.02 Å². The Balaban J connectivity index is 1.68. The molecule has 0 fully saturated rings. The van der Waals surface area contributed by atoms with E-state index in [9.17, 15) is 4.79 Å². The molecular weight excluding hydrogens is 364 g/mol. The van der Waals surface area contributed by atoms with Gasteiger partial charge in [-0.05, 0) is 41.5 Å². The van der Waals surface area contributed by atoms with E-state index in [0.717, 1.165) is 17.4 Å². The predicted octanol–water partition coefficient (Wildman–Crippen LogP) is 5.32. The van der Waals surface area contributed by atoms with E-state index >= 15 is 0 Å². The van der Waals surface area contributed by atoms with E-state index in [4.69, 9.17) is 25.8 Å². The minimum Gasteiger partial charge on any atom is -0.493 e. The van der Waals surface area contributed by atoms with Gasteiger partial charge in [-0.25, -0.2) is 0 Å². The van der Waals surface area contributed by atoms with Crippen molar-refractivity contribution in [1.29, 1.82) is 0 Å². The minimum absolute atomic E-state index is 0.289. The van der Waals surface area contributed by atoms with Crippen molar-refractivity contribution in [2.75, 3.05) is 7.11 Å². The number of benzene rings is 3. The van der Waals surface area contributed by atoms with Gasteiger partial charge in [0.05, 0.1) is 12.7 Å². The summed E-state index contributed by atoms with van der Waals surface area (Å²) in [5.74, 6) is 1.77. The molecule has 0 amide bonds. The molecule has 0 radical (unpaired) electrons. The van der Waals surface area contributed by atoms with Crippen LogP contribution in [-0.4, -0.2) is 13.4 Å². The van der Waals surface area contributed by atoms with E-state index in [1.165, 1.54) is 0 Å². The molecular formula is C22H19ClO4. The average Bonchev–Trinajstić information content (AvgIpc) is 2.72. The molecule has 0 spiro atoms. The van der Waals surface area contributed by atoms with Crippen LogP contribution in [0.25, 0.3) is 0 Å². The molecule has 138 valence electrons. The Morgan fingerprint density at radius 3 is 2.26 bits per heavy atom. The Bertz CT molecular complexity index is 909. The van der Waals surface area contributed by atoms with E-state index < -0.39 is 0 Å². The Kier molecular flexibility index (Phi) is 6.34. The summed E-state index contributed by atoms with van der Waals surface area (Å²) in [4.78, 5) is 11.1. The first-order chi connectivity index (χ1) is 13.2. The summed E-state index contributed by atoms with van der Waals surface area (Å²) in [5, 5.41) is 0.492. The summed E-state index contributed by atoms with van der Waals surface area (Å²) in [5.41, 5.74) is 2.39. The lowest BCUT2D eigenvalue weighted by Gasteiger charge is -2.13. The van der Waals surface area contributed by atoms with Crippen molar-refractivity contribution >= 4 is 17.9 Å². The maximum atomic E-state index is 11.1. The highest BCUT2D eigenvalue weighted by Gasteiger charge is 2.09. The molecule has 0 unspecified atom stereocenters. The van der Waals surface area contributed by atoms with Crippen molar-refractivity contribution in [3.63, 3.8) is 0 Å². The van der Waals surface area contributed by atoms with E-state index in [1.54, 1.807) is 25.3 Å². The topological polar surface area (TPSA) is 44.8 Å². The zero-order chi connectivity index (χ0) is 19.1. The van der Waals surface area contributed by atoms with Crippen molar-refractivity contribution in [3.05, 3.63) is 88.4 Å². The van der Waals surface area contributed by atoms with Crippen LogP contribution in [0.5, 0.6) is 17.2 Å². The third-order valence-corrected chi connectivity index (χ3v) is 4.19. The number of halogens is 1. The molecule has 0 saturated carbocycles. The SMILES string of the molecule is COc1cc(COc2ccc(Cl)cc2C=O)ccc1OCc1ccccc1. The van der Waals surface area contributed by atoms with Crippen molar-refractivity contribution in [2.45, 2.75) is 13.2 Å². The lowest BCUT2D eigenvalue weighted by atomic mass is 10.2. The molecule has 0 aromatic heterocycles. The monoisotopic (exact) mass is 382 g/mol. The molecule has 0 atom stereocenters. The molecule has 3 aromatic rings. The first kappa shape index (κ1) is 18.8. The van der Waals surface area contributed by atoms with E-state index in [1.807, 2.05) is 48.5 Å². The normalized spacial score (nSPS) is 10.3. The Hall–Kier alpha value is -2.98. The second kappa shape index (κ2) is 9.10. The minimum atomic E-state index is 0.289. The van der Waals surface area contributed by atoms with E-state index in [2.05, 4.69) is 0 Å². The maximum absolute atomic E-state index is 11.1. The lowest BCUT2D eigenvalue weighted by Crippen LogP contribution is -2.01. The number of methoxy groups -OCH3 is 1. The van der Waals surface area contributed by atoms with Crippen LogP contribution in [0, 0.1) is 0 Å². The molecule has 4 nitrogen and oxygen atoms in total. The second-order valence-corrected chi connectivity index (χ2v) is 6.28. The van der Waals surface area contributed by atoms with Crippen molar-refractivity contribution in [1.82, 2.24) is 0 Å². The number of aldehydes is 1. The quantitative estimate of drug-likeness (QED) is 0.494. The smallest absolute Gasteiger partial charge is 0.161 e. The van der Waals surface area contributed by atoms with Gasteiger partial charge in [0.2, 0.25) is 0 Å². The Labute approximate surface area is 163 Å². The second-order valence-electron chi connectivity index (χ2n) is 5.85. The maximum Gasteiger partial charge on any atom is 0.161 e. The van der Waals surface area contributed by atoms with Gasteiger partial charge < -0.3 is 14.2 Å². The van der Waals surface area contributed by atoms with E-state index in [-0.39, 0.29) is 6.61 Å². The number of hydrogen-bond acceptors (Lipinski definition) is 4. The number of hydrogen-bond donors (Lipinski definition) is 0. The first-order valence-electron chi connectivity index (χ1n) is 8.41. The van der Waals surface area contributed by atoms with Crippen molar-refractivity contribution in [2.24, 2.45) is 0 Å². The fourth-order valence-electron chi connectivity index (χ4n) is 2.56. The van der Waals surface area contributed by atoms with Crippen LogP contribution in [0.2, 0.25) is 5.02 Å². The zero-order valence-corrected chi connectivity index (χ0v) is 15.6. The van der Waals surface area contributed by atoms with Gasteiger partial charge in [0.1, 0.15) is 19.0 Å². The molecule has 0 N–H and O–H groups in total. The summed E-state index contributed by atoms with van der Waals surface area (Å²) >= 11 is 5.90. The highest BCUT2D eigenvalue weighted by molar-refractivity contribution is 6.30. The van der Waals surface area contributed by atoms with Crippen LogP contribution in [0.3, 0.4) is 0 Å². The van der Waals surface area contributed by atoms with Gasteiger partial charge in [-0.1, -0.05) is 48.0 Å². The molecule has 0 aliphatic rings. The average molecular weight is 383 g/mol. The van der Waals surface area contributed by atoms with Crippen LogP contribution in [-0.2, 0) is 13.2 Å². The highest BCUT2D eigenvalue weighted by atomic mass is 35.5. The fourth-order valence-corrected chi connectivity index (χ4v) is 2.74. The van der Waals surface area contributed by atoms with Crippen molar-refractivity contribution < 1.29 is 19.0 Å². The molecule has 0 bridgehead atoms. The molecule has 27 heavy (non-hydrogen) atoms. The third-order valence-electron chi connectivity index (χ3n) is 3.96. The van der Waals surface area contributed by atoms with Crippen molar-refractivity contribution in [3.8, 4) is 17.2 Å². The fraction of sp³-hybridized carbons (Fsp3) is 0.136. The largest absolute Gasteiger partial charge is 0.493 e. The third kappa shape index (κ3) is 5.02. The molecule has 3 rings (SSSR count). The van der Waals surface area contributed by atoms with Crippen LogP contribution in [0.4, 0.5) is 0 Å². The lowest BCUT2D eigenvalue weighted by molar-refractivity contribution is 0.111. The van der Waals surface area contributed by atoms with Crippen LogP contribution in [0.1, 0.15) is 21.5 Å². The summed E-state index contributed by atoms with van der Waals surface area (Å²) in [6.45, 7) is 0.748. The zero-order valence-electron chi connectivity index (χ0n) is 14.9. The summed E-state index contributed by atoms with van der Waals surface area (Å²) in [6, 6.07) is 20.5. The van der Waals surface area contributed by atoms with Crippen LogP contribution >= 0.6 is 11.6 Å². The molecule has 3 aromatic carbocycles. The van der Waals surface area contributed by atoms with Gasteiger partial charge in [-0.2, -0.15) is 0 Å². The molecule has 5 heteroatoms. The number of rotatable bonds is 8. The van der Waals surface area contributed by atoms with Gasteiger partial charge in [-0.15, -0.1) is 0 Å². The summed E-state index contributed by atoms with van der Waals surface area (Å²) in [6.07, 6.45) is 0.725. The van der Waals surface area contributed by atoms with Gasteiger partial charge in [0.15, 0.2) is 17.8 Å². The molecule has 0 saturated heterocycles. The Morgan fingerprint density at radius 1 is 0.815 bits per heavy atom. The molecule has 0 heterocycles. The summed E-state index contributed by atoms with van der Waals surface area (Å²) < 4.78 is 17.0. The predicted molar refractivity (Wildman–Crippen MR) is 105 cm³/mol. The van der Waals surface area contributed by atoms with Gasteiger partial charge in [-0.3, -0.25) is 4.79 Å².